The molecule has 0 aliphatic heterocycles. The second kappa shape index (κ2) is 8.96. The molecule has 0 saturated carbocycles. The number of halogens is 1. The predicted octanol–water partition coefficient (Wildman–Crippen LogP) is 3.91. The first-order valence-corrected chi connectivity index (χ1v) is 10.5. The monoisotopic (exact) mass is 428 g/mol. The Bertz CT molecular complexity index is 1150. The van der Waals surface area contributed by atoms with Gasteiger partial charge in [-0.05, 0) is 48.5 Å². The Hall–Kier alpha value is -3.39. The van der Waals surface area contributed by atoms with Crippen LogP contribution in [-0.4, -0.2) is 33.4 Å². The van der Waals surface area contributed by atoms with Crippen molar-refractivity contribution in [2.24, 2.45) is 0 Å². The second-order valence-corrected chi connectivity index (χ2v) is 8.30. The number of carbonyl (C=O) groups is 1. The summed E-state index contributed by atoms with van der Waals surface area (Å²) in [6.45, 7) is 0.0906. The van der Waals surface area contributed by atoms with Gasteiger partial charge in [0, 0.05) is 30.4 Å². The highest BCUT2D eigenvalue weighted by Crippen LogP contribution is 2.21. The third kappa shape index (κ3) is 4.96. The lowest BCUT2D eigenvalue weighted by molar-refractivity contribution is 0.0784. The molecule has 3 rings (SSSR count). The van der Waals surface area contributed by atoms with Crippen molar-refractivity contribution in [3.8, 4) is 5.75 Å². The first-order chi connectivity index (χ1) is 14.3. The van der Waals surface area contributed by atoms with E-state index >= 15 is 0 Å². The zero-order valence-electron chi connectivity index (χ0n) is 16.5. The minimum Gasteiger partial charge on any atom is -0.497 e. The molecule has 8 heteroatoms. The van der Waals surface area contributed by atoms with Gasteiger partial charge in [-0.1, -0.05) is 24.3 Å². The van der Waals surface area contributed by atoms with Crippen LogP contribution in [0.5, 0.6) is 5.75 Å². The molecular formula is C22H21FN2O4S. The molecule has 1 amide bonds. The molecule has 0 radical (unpaired) electrons. The predicted molar refractivity (Wildman–Crippen MR) is 112 cm³/mol. The summed E-state index contributed by atoms with van der Waals surface area (Å²) in [6.07, 6.45) is 0. The summed E-state index contributed by atoms with van der Waals surface area (Å²) >= 11 is 0. The number of ether oxygens (including phenoxy) is 1. The summed E-state index contributed by atoms with van der Waals surface area (Å²) in [5.74, 6) is -0.207. The lowest BCUT2D eigenvalue weighted by Gasteiger charge is -2.18. The number of benzene rings is 3. The average Bonchev–Trinajstić information content (AvgIpc) is 2.74. The van der Waals surface area contributed by atoms with Crippen molar-refractivity contribution in [3.05, 3.63) is 89.7 Å². The van der Waals surface area contributed by atoms with E-state index in [1.807, 2.05) is 0 Å². The van der Waals surface area contributed by atoms with E-state index in [0.29, 0.717) is 11.3 Å². The number of rotatable bonds is 7. The molecule has 0 atom stereocenters. The van der Waals surface area contributed by atoms with Crippen LogP contribution < -0.4 is 9.46 Å². The quantitative estimate of drug-likeness (QED) is 0.619. The highest BCUT2D eigenvalue weighted by atomic mass is 32.2. The summed E-state index contributed by atoms with van der Waals surface area (Å²) in [5.41, 5.74) is 0.921. The fraction of sp³-hybridized carbons (Fsp3) is 0.136. The number of hydrogen-bond acceptors (Lipinski definition) is 4. The molecule has 0 fully saturated rings. The Morgan fingerprint density at radius 3 is 2.40 bits per heavy atom. The van der Waals surface area contributed by atoms with E-state index in [2.05, 4.69) is 4.72 Å². The minimum absolute atomic E-state index is 0.0664. The largest absolute Gasteiger partial charge is 0.497 e. The Balaban J connectivity index is 1.76. The maximum absolute atomic E-state index is 13.9. The van der Waals surface area contributed by atoms with Gasteiger partial charge in [0.15, 0.2) is 0 Å². The van der Waals surface area contributed by atoms with Crippen LogP contribution in [0.15, 0.2) is 77.7 Å². The highest BCUT2D eigenvalue weighted by Gasteiger charge is 2.17. The van der Waals surface area contributed by atoms with Crippen LogP contribution in [0.4, 0.5) is 10.1 Å². The van der Waals surface area contributed by atoms with Gasteiger partial charge in [0.25, 0.3) is 15.9 Å². The van der Waals surface area contributed by atoms with Gasteiger partial charge in [0.05, 0.1) is 12.0 Å². The SMILES string of the molecule is COc1ccc(S(=O)(=O)Nc2cccc(C(=O)N(C)Cc3ccccc3F)c2)cc1. The summed E-state index contributed by atoms with van der Waals surface area (Å²) in [5, 5.41) is 0. The number of amides is 1. The van der Waals surface area contributed by atoms with Crippen molar-refractivity contribution in [1.82, 2.24) is 4.90 Å². The maximum atomic E-state index is 13.9. The van der Waals surface area contributed by atoms with Crippen LogP contribution in [0.3, 0.4) is 0 Å². The van der Waals surface area contributed by atoms with E-state index in [1.165, 1.54) is 36.3 Å². The van der Waals surface area contributed by atoms with Crippen LogP contribution in [0.2, 0.25) is 0 Å². The number of sulfonamides is 1. The fourth-order valence-corrected chi connectivity index (χ4v) is 3.91. The fourth-order valence-electron chi connectivity index (χ4n) is 2.86. The lowest BCUT2D eigenvalue weighted by atomic mass is 10.1. The number of carbonyl (C=O) groups excluding carboxylic acids is 1. The number of anilines is 1. The second-order valence-electron chi connectivity index (χ2n) is 6.61. The number of hydrogen-bond donors (Lipinski definition) is 1. The molecule has 0 heterocycles. The Labute approximate surface area is 175 Å². The Morgan fingerprint density at radius 2 is 1.73 bits per heavy atom. The average molecular weight is 428 g/mol. The van der Waals surface area contributed by atoms with Gasteiger partial charge < -0.3 is 9.64 Å². The molecule has 0 bridgehead atoms. The molecule has 0 aliphatic carbocycles. The Morgan fingerprint density at radius 1 is 1.03 bits per heavy atom. The van der Waals surface area contributed by atoms with E-state index in [1.54, 1.807) is 55.6 Å². The first-order valence-electron chi connectivity index (χ1n) is 9.06. The van der Waals surface area contributed by atoms with Crippen molar-refractivity contribution in [2.45, 2.75) is 11.4 Å². The molecule has 3 aromatic rings. The van der Waals surface area contributed by atoms with Crippen LogP contribution in [0.1, 0.15) is 15.9 Å². The molecule has 0 saturated heterocycles. The number of methoxy groups -OCH3 is 1. The third-order valence-corrected chi connectivity index (χ3v) is 5.84. The van der Waals surface area contributed by atoms with E-state index < -0.39 is 15.8 Å². The van der Waals surface area contributed by atoms with Gasteiger partial charge in [-0.2, -0.15) is 0 Å². The molecule has 3 aromatic carbocycles. The van der Waals surface area contributed by atoms with Gasteiger partial charge in [-0.25, -0.2) is 12.8 Å². The summed E-state index contributed by atoms with van der Waals surface area (Å²) < 4.78 is 46.6. The molecule has 1 N–H and O–H groups in total. The molecule has 156 valence electrons. The standard InChI is InChI=1S/C22H21FN2O4S/c1-25(15-17-6-3-4-9-21(17)23)22(26)16-7-5-8-18(14-16)24-30(27,28)20-12-10-19(29-2)11-13-20/h3-14,24H,15H2,1-2H3. The van der Waals surface area contributed by atoms with E-state index in [-0.39, 0.29) is 28.6 Å². The van der Waals surface area contributed by atoms with Crippen LogP contribution in [0.25, 0.3) is 0 Å². The summed E-state index contributed by atoms with van der Waals surface area (Å²) in [4.78, 5) is 14.2. The van der Waals surface area contributed by atoms with Gasteiger partial charge in [-0.15, -0.1) is 0 Å². The van der Waals surface area contributed by atoms with Gasteiger partial charge >= 0.3 is 0 Å². The molecule has 0 spiro atoms. The first kappa shape index (κ1) is 21.3. The van der Waals surface area contributed by atoms with E-state index in [0.717, 1.165) is 0 Å². The molecule has 0 unspecified atom stereocenters. The smallest absolute Gasteiger partial charge is 0.261 e. The van der Waals surface area contributed by atoms with Crippen LogP contribution in [-0.2, 0) is 16.6 Å². The lowest BCUT2D eigenvalue weighted by Crippen LogP contribution is -2.26. The third-order valence-electron chi connectivity index (χ3n) is 4.44. The van der Waals surface area contributed by atoms with Crippen molar-refractivity contribution < 1.29 is 22.3 Å². The maximum Gasteiger partial charge on any atom is 0.261 e. The van der Waals surface area contributed by atoms with Crippen molar-refractivity contribution in [2.75, 3.05) is 18.9 Å². The van der Waals surface area contributed by atoms with E-state index in [4.69, 9.17) is 4.74 Å². The molecule has 0 aliphatic rings. The van der Waals surface area contributed by atoms with Crippen molar-refractivity contribution in [3.63, 3.8) is 0 Å². The minimum atomic E-state index is -3.84. The highest BCUT2D eigenvalue weighted by molar-refractivity contribution is 7.92. The molecule has 6 nitrogen and oxygen atoms in total. The van der Waals surface area contributed by atoms with Crippen LogP contribution >= 0.6 is 0 Å². The molecular weight excluding hydrogens is 407 g/mol. The normalized spacial score (nSPS) is 11.0. The number of nitrogens with zero attached hydrogens (tertiary/aromatic N) is 1. The zero-order valence-corrected chi connectivity index (χ0v) is 17.3. The zero-order chi connectivity index (χ0) is 21.7. The summed E-state index contributed by atoms with van der Waals surface area (Å²) in [6, 6.07) is 18.3. The van der Waals surface area contributed by atoms with Crippen LogP contribution in [0, 0.1) is 5.82 Å². The summed E-state index contributed by atoms with van der Waals surface area (Å²) in [7, 11) is -0.783. The van der Waals surface area contributed by atoms with Crippen molar-refractivity contribution in [1.29, 1.82) is 0 Å². The van der Waals surface area contributed by atoms with Gasteiger partial charge in [0.1, 0.15) is 11.6 Å². The Kier molecular flexibility index (Phi) is 6.37. The topological polar surface area (TPSA) is 75.7 Å². The number of nitrogens with one attached hydrogen (secondary N) is 1. The van der Waals surface area contributed by atoms with Gasteiger partial charge in [-0.3, -0.25) is 9.52 Å². The molecule has 30 heavy (non-hydrogen) atoms. The van der Waals surface area contributed by atoms with Crippen molar-refractivity contribution >= 4 is 21.6 Å². The van der Waals surface area contributed by atoms with E-state index in [9.17, 15) is 17.6 Å². The molecule has 0 aromatic heterocycles. The van der Waals surface area contributed by atoms with Gasteiger partial charge in [0.2, 0.25) is 0 Å².